The minimum absolute atomic E-state index is 0.672. The van der Waals surface area contributed by atoms with Crippen molar-refractivity contribution < 1.29 is 4.42 Å². The van der Waals surface area contributed by atoms with Crippen LogP contribution < -0.4 is 0 Å². The summed E-state index contributed by atoms with van der Waals surface area (Å²) in [5, 5.41) is 7.04. The van der Waals surface area contributed by atoms with Gasteiger partial charge in [-0.15, -0.1) is 0 Å². The molecule has 0 radical (unpaired) electrons. The lowest BCUT2D eigenvalue weighted by Crippen LogP contribution is -1.98. The lowest BCUT2D eigenvalue weighted by atomic mass is 10.0. The van der Waals surface area contributed by atoms with Crippen LogP contribution in [-0.2, 0) is 0 Å². The summed E-state index contributed by atoms with van der Waals surface area (Å²) in [5.74, 6) is 0.672. The third-order valence-electron chi connectivity index (χ3n) is 11.3. The van der Waals surface area contributed by atoms with Gasteiger partial charge in [-0.2, -0.15) is 0 Å². The predicted octanol–water partition coefficient (Wildman–Crippen LogP) is 13.6. The molecule has 0 spiro atoms. The molecular weight excluding hydrogens is 697 g/mol. The fourth-order valence-electron chi connectivity index (χ4n) is 8.79. The fraction of sp³-hybridized carbons (Fsp3) is 0. The number of fused-ring (bicyclic) bond motifs is 10. The molecule has 266 valence electrons. The highest BCUT2D eigenvalue weighted by molar-refractivity contribution is 6.30. The van der Waals surface area contributed by atoms with E-state index in [1.54, 1.807) is 0 Å². The summed E-state index contributed by atoms with van der Waals surface area (Å²) in [4.78, 5) is 10.4. The first kappa shape index (κ1) is 31.6. The van der Waals surface area contributed by atoms with E-state index in [-0.39, 0.29) is 0 Å². The van der Waals surface area contributed by atoms with E-state index >= 15 is 0 Å². The normalized spacial score (nSPS) is 11.9. The molecular formula is C52H32N4O. The summed E-state index contributed by atoms with van der Waals surface area (Å²) in [5.41, 5.74) is 13.2. The molecule has 4 heterocycles. The summed E-state index contributed by atoms with van der Waals surface area (Å²) >= 11 is 0. The molecule has 12 rings (SSSR count). The van der Waals surface area contributed by atoms with Crippen LogP contribution in [0.5, 0.6) is 0 Å². The molecule has 0 N–H and O–H groups in total. The van der Waals surface area contributed by atoms with Crippen LogP contribution >= 0.6 is 0 Å². The van der Waals surface area contributed by atoms with Gasteiger partial charge in [0.1, 0.15) is 11.2 Å². The zero-order valence-corrected chi connectivity index (χ0v) is 30.7. The highest BCUT2D eigenvalue weighted by Gasteiger charge is 2.23. The van der Waals surface area contributed by atoms with E-state index in [1.807, 2.05) is 18.2 Å². The lowest BCUT2D eigenvalue weighted by molar-refractivity contribution is 0.669. The quantitative estimate of drug-likeness (QED) is 0.177. The molecule has 0 unspecified atom stereocenters. The highest BCUT2D eigenvalue weighted by atomic mass is 16.3. The molecule has 0 saturated carbocycles. The summed E-state index contributed by atoms with van der Waals surface area (Å²) in [6.07, 6.45) is 0. The van der Waals surface area contributed by atoms with Crippen molar-refractivity contribution in [3.05, 3.63) is 194 Å². The molecule has 0 fully saturated rings. The number of aromatic nitrogens is 4. The fourth-order valence-corrected chi connectivity index (χ4v) is 8.79. The Hall–Kier alpha value is -7.76. The van der Waals surface area contributed by atoms with Crippen LogP contribution in [0.4, 0.5) is 0 Å². The van der Waals surface area contributed by atoms with Gasteiger partial charge in [0.25, 0.3) is 0 Å². The maximum absolute atomic E-state index is 6.53. The molecule has 4 aromatic heterocycles. The second-order valence-electron chi connectivity index (χ2n) is 14.6. The zero-order valence-electron chi connectivity index (χ0n) is 30.7. The van der Waals surface area contributed by atoms with Crippen molar-refractivity contribution in [2.45, 2.75) is 0 Å². The predicted molar refractivity (Wildman–Crippen MR) is 234 cm³/mol. The number of para-hydroxylation sites is 3. The molecule has 8 aromatic carbocycles. The van der Waals surface area contributed by atoms with E-state index in [0.717, 1.165) is 72.4 Å². The van der Waals surface area contributed by atoms with E-state index in [2.05, 4.69) is 185 Å². The highest BCUT2D eigenvalue weighted by Crippen LogP contribution is 2.44. The Kier molecular flexibility index (Phi) is 6.86. The summed E-state index contributed by atoms with van der Waals surface area (Å²) in [6.45, 7) is 0. The Balaban J connectivity index is 1.16. The molecule has 5 nitrogen and oxygen atoms in total. The van der Waals surface area contributed by atoms with Crippen molar-refractivity contribution in [1.29, 1.82) is 0 Å². The largest absolute Gasteiger partial charge is 0.456 e. The van der Waals surface area contributed by atoms with Crippen molar-refractivity contribution in [2.24, 2.45) is 0 Å². The number of nitrogens with zero attached hydrogens (tertiary/aromatic N) is 4. The Bertz CT molecular complexity index is 3450. The van der Waals surface area contributed by atoms with Crippen molar-refractivity contribution in [3.8, 4) is 45.3 Å². The van der Waals surface area contributed by atoms with E-state index in [9.17, 15) is 0 Å². The molecule has 0 aliphatic rings. The first-order chi connectivity index (χ1) is 28.3. The third kappa shape index (κ3) is 4.89. The van der Waals surface area contributed by atoms with Crippen LogP contribution in [0.2, 0.25) is 0 Å². The number of rotatable bonds is 5. The molecule has 57 heavy (non-hydrogen) atoms. The van der Waals surface area contributed by atoms with Crippen LogP contribution in [0.3, 0.4) is 0 Å². The van der Waals surface area contributed by atoms with E-state index in [1.165, 1.54) is 32.6 Å². The van der Waals surface area contributed by atoms with E-state index < -0.39 is 0 Å². The van der Waals surface area contributed by atoms with E-state index in [0.29, 0.717) is 5.82 Å². The van der Waals surface area contributed by atoms with Gasteiger partial charge in [0.15, 0.2) is 5.82 Å². The van der Waals surface area contributed by atoms with Crippen molar-refractivity contribution in [1.82, 2.24) is 19.1 Å². The lowest BCUT2D eigenvalue weighted by Gasteiger charge is -2.12. The number of hydrogen-bond acceptors (Lipinski definition) is 3. The van der Waals surface area contributed by atoms with Crippen molar-refractivity contribution in [2.75, 3.05) is 0 Å². The van der Waals surface area contributed by atoms with Crippen molar-refractivity contribution >= 4 is 65.6 Å². The molecule has 0 aliphatic carbocycles. The minimum Gasteiger partial charge on any atom is -0.456 e. The summed E-state index contributed by atoms with van der Waals surface area (Å²) < 4.78 is 11.3. The van der Waals surface area contributed by atoms with Crippen LogP contribution in [-0.4, -0.2) is 19.1 Å². The number of furan rings is 1. The average Bonchev–Trinajstić information content (AvgIpc) is 3.93. The van der Waals surface area contributed by atoms with Gasteiger partial charge in [0, 0.05) is 66.4 Å². The standard InChI is InChI=1S/C52H32N4O/c1-4-15-33(16-5-1)42-31-43(34-17-6-2-7-18-34)54-52(53-42)35-19-14-22-37(29-35)56-46-28-27-45-50(39-24-10-12-25-44(39)55(45)36-20-8-3-9-21-36)51(46)41-30-40-38-23-11-13-26-48(38)57-49(40)32-47(41)56/h1-32H. The SMILES string of the molecule is c1ccc(-c2cc(-c3ccccc3)nc(-c3cccc(-n4c5cc6oc7ccccc7c6cc5c5c6c7ccccc7n(-c7ccccc7)c6ccc54)c3)n2)cc1. The van der Waals surface area contributed by atoms with Gasteiger partial charge in [-0.25, -0.2) is 9.97 Å². The van der Waals surface area contributed by atoms with Gasteiger partial charge < -0.3 is 13.6 Å². The van der Waals surface area contributed by atoms with Gasteiger partial charge >= 0.3 is 0 Å². The third-order valence-corrected chi connectivity index (χ3v) is 11.3. The van der Waals surface area contributed by atoms with Gasteiger partial charge in [-0.1, -0.05) is 127 Å². The molecule has 0 atom stereocenters. The molecule has 0 bridgehead atoms. The van der Waals surface area contributed by atoms with Gasteiger partial charge in [0.05, 0.1) is 33.5 Å². The molecule has 0 aliphatic heterocycles. The Morgan fingerprint density at radius 2 is 0.895 bits per heavy atom. The first-order valence-corrected chi connectivity index (χ1v) is 19.2. The first-order valence-electron chi connectivity index (χ1n) is 19.2. The van der Waals surface area contributed by atoms with Gasteiger partial charge in [0.2, 0.25) is 0 Å². The van der Waals surface area contributed by atoms with E-state index in [4.69, 9.17) is 14.4 Å². The maximum atomic E-state index is 6.53. The molecule has 0 amide bonds. The second-order valence-corrected chi connectivity index (χ2v) is 14.6. The van der Waals surface area contributed by atoms with Crippen LogP contribution in [0.1, 0.15) is 0 Å². The monoisotopic (exact) mass is 728 g/mol. The second kappa shape index (κ2) is 12.4. The van der Waals surface area contributed by atoms with Gasteiger partial charge in [-0.05, 0) is 60.7 Å². The summed E-state index contributed by atoms with van der Waals surface area (Å²) in [7, 11) is 0. The topological polar surface area (TPSA) is 48.8 Å². The smallest absolute Gasteiger partial charge is 0.160 e. The molecule has 5 heteroatoms. The average molecular weight is 729 g/mol. The van der Waals surface area contributed by atoms with Crippen molar-refractivity contribution in [3.63, 3.8) is 0 Å². The Labute approximate surface area is 327 Å². The Morgan fingerprint density at radius 3 is 1.61 bits per heavy atom. The van der Waals surface area contributed by atoms with Gasteiger partial charge in [-0.3, -0.25) is 0 Å². The molecule has 12 aromatic rings. The van der Waals surface area contributed by atoms with Crippen LogP contribution in [0.25, 0.3) is 111 Å². The van der Waals surface area contributed by atoms with Crippen LogP contribution in [0, 0.1) is 0 Å². The molecule has 0 saturated heterocycles. The minimum atomic E-state index is 0.672. The zero-order chi connectivity index (χ0) is 37.5. The Morgan fingerprint density at radius 1 is 0.333 bits per heavy atom. The maximum Gasteiger partial charge on any atom is 0.160 e. The van der Waals surface area contributed by atoms with Crippen LogP contribution in [0.15, 0.2) is 199 Å². The summed E-state index contributed by atoms with van der Waals surface area (Å²) in [6, 6.07) is 68.2. The number of benzene rings is 8. The number of hydrogen-bond donors (Lipinski definition) is 0.